The summed E-state index contributed by atoms with van der Waals surface area (Å²) >= 11 is 0. The van der Waals surface area contributed by atoms with Crippen molar-refractivity contribution >= 4 is 12.0 Å². The topological polar surface area (TPSA) is 46.6 Å². The Morgan fingerprint density at radius 3 is 2.78 bits per heavy atom. The van der Waals surface area contributed by atoms with Gasteiger partial charge in [-0.2, -0.15) is 0 Å². The zero-order chi connectivity index (χ0) is 13.1. The number of ether oxygens (including phenoxy) is 1. The van der Waals surface area contributed by atoms with Crippen molar-refractivity contribution in [2.45, 2.75) is 25.6 Å². The first-order valence-electron chi connectivity index (χ1n) is 5.77. The Kier molecular flexibility index (Phi) is 3.60. The van der Waals surface area contributed by atoms with Crippen molar-refractivity contribution in [2.24, 2.45) is 0 Å². The molecule has 0 N–H and O–H groups in total. The summed E-state index contributed by atoms with van der Waals surface area (Å²) in [5.41, 5.74) is 0.977. The third-order valence-corrected chi connectivity index (χ3v) is 2.85. The SMILES string of the molecule is CC(F)C(=O)N1C(=O)OC[C@@H]1Cc1ccccc1. The second-order valence-electron chi connectivity index (χ2n) is 4.24. The van der Waals surface area contributed by atoms with E-state index in [1.165, 1.54) is 0 Å². The number of hydrogen-bond donors (Lipinski definition) is 0. The molecule has 2 atom stereocenters. The first-order chi connectivity index (χ1) is 8.59. The molecule has 1 unspecified atom stereocenters. The second kappa shape index (κ2) is 5.16. The molecule has 1 fully saturated rings. The third kappa shape index (κ3) is 2.50. The number of alkyl halides is 1. The summed E-state index contributed by atoms with van der Waals surface area (Å²) in [5.74, 6) is -0.835. The van der Waals surface area contributed by atoms with E-state index in [0.717, 1.165) is 17.4 Å². The monoisotopic (exact) mass is 251 g/mol. The summed E-state index contributed by atoms with van der Waals surface area (Å²) in [6.45, 7) is 1.24. The van der Waals surface area contributed by atoms with Gasteiger partial charge in [0.2, 0.25) is 0 Å². The molecule has 18 heavy (non-hydrogen) atoms. The van der Waals surface area contributed by atoms with Crippen LogP contribution in [0.1, 0.15) is 12.5 Å². The van der Waals surface area contributed by atoms with Crippen molar-refractivity contribution in [3.8, 4) is 0 Å². The molecule has 2 amide bonds. The summed E-state index contributed by atoms with van der Waals surface area (Å²) in [4.78, 5) is 23.9. The fourth-order valence-electron chi connectivity index (χ4n) is 1.96. The predicted octanol–water partition coefficient (Wildman–Crippen LogP) is 1.93. The van der Waals surface area contributed by atoms with Crippen LogP contribution in [0.25, 0.3) is 0 Å². The van der Waals surface area contributed by atoms with E-state index in [0.29, 0.717) is 6.42 Å². The summed E-state index contributed by atoms with van der Waals surface area (Å²) < 4.78 is 17.9. The highest BCUT2D eigenvalue weighted by molar-refractivity contribution is 5.95. The number of hydrogen-bond acceptors (Lipinski definition) is 3. The van der Waals surface area contributed by atoms with Gasteiger partial charge in [-0.25, -0.2) is 14.1 Å². The molecular formula is C13H14FNO3. The van der Waals surface area contributed by atoms with Crippen LogP contribution in [-0.2, 0) is 16.0 Å². The minimum Gasteiger partial charge on any atom is -0.447 e. The molecule has 0 aliphatic carbocycles. The number of halogens is 1. The number of rotatable bonds is 3. The van der Waals surface area contributed by atoms with E-state index in [4.69, 9.17) is 4.74 Å². The van der Waals surface area contributed by atoms with Crippen LogP contribution < -0.4 is 0 Å². The Morgan fingerprint density at radius 2 is 2.17 bits per heavy atom. The third-order valence-electron chi connectivity index (χ3n) is 2.85. The Bertz CT molecular complexity index is 447. The summed E-state index contributed by atoms with van der Waals surface area (Å²) in [6, 6.07) is 8.99. The highest BCUT2D eigenvalue weighted by atomic mass is 19.1. The van der Waals surface area contributed by atoms with Crippen LogP contribution in [0.4, 0.5) is 9.18 Å². The van der Waals surface area contributed by atoms with Crippen LogP contribution in [0, 0.1) is 0 Å². The van der Waals surface area contributed by atoms with E-state index in [1.807, 2.05) is 30.3 Å². The first kappa shape index (κ1) is 12.5. The Labute approximate surface area is 104 Å². The van der Waals surface area contributed by atoms with Crippen LogP contribution in [0.3, 0.4) is 0 Å². The first-order valence-corrected chi connectivity index (χ1v) is 5.77. The molecule has 0 radical (unpaired) electrons. The molecule has 1 aliphatic rings. The maximum atomic E-state index is 13.0. The molecule has 0 bridgehead atoms. The lowest BCUT2D eigenvalue weighted by atomic mass is 10.1. The summed E-state index contributed by atoms with van der Waals surface area (Å²) in [6.07, 6.45) is -1.98. The Hall–Kier alpha value is -1.91. The van der Waals surface area contributed by atoms with Gasteiger partial charge in [-0.05, 0) is 18.9 Å². The number of imide groups is 1. The molecule has 1 aliphatic heterocycles. The summed E-state index contributed by atoms with van der Waals surface area (Å²) in [7, 11) is 0. The van der Waals surface area contributed by atoms with Gasteiger partial charge in [0.15, 0.2) is 6.17 Å². The maximum absolute atomic E-state index is 13.0. The number of amides is 2. The van der Waals surface area contributed by atoms with E-state index < -0.39 is 24.2 Å². The molecule has 0 saturated carbocycles. The molecule has 1 aromatic rings. The van der Waals surface area contributed by atoms with Gasteiger partial charge in [-0.3, -0.25) is 4.79 Å². The number of nitrogens with zero attached hydrogens (tertiary/aromatic N) is 1. The van der Waals surface area contributed by atoms with Crippen LogP contribution in [0.5, 0.6) is 0 Å². The van der Waals surface area contributed by atoms with Crippen LogP contribution >= 0.6 is 0 Å². The maximum Gasteiger partial charge on any atom is 0.417 e. The lowest BCUT2D eigenvalue weighted by molar-refractivity contribution is -0.133. The minimum atomic E-state index is -1.70. The fraction of sp³-hybridized carbons (Fsp3) is 0.385. The molecule has 4 nitrogen and oxygen atoms in total. The highest BCUT2D eigenvalue weighted by Crippen LogP contribution is 2.18. The normalized spacial score (nSPS) is 20.7. The predicted molar refractivity (Wildman–Crippen MR) is 62.7 cm³/mol. The van der Waals surface area contributed by atoms with Crippen molar-refractivity contribution in [1.29, 1.82) is 0 Å². The second-order valence-corrected chi connectivity index (χ2v) is 4.24. The largest absolute Gasteiger partial charge is 0.447 e. The molecular weight excluding hydrogens is 237 g/mol. The molecule has 2 rings (SSSR count). The van der Waals surface area contributed by atoms with Gasteiger partial charge < -0.3 is 4.74 Å². The van der Waals surface area contributed by atoms with E-state index in [2.05, 4.69) is 0 Å². The van der Waals surface area contributed by atoms with Crippen LogP contribution in [-0.4, -0.2) is 35.7 Å². The van der Waals surface area contributed by atoms with Gasteiger partial charge >= 0.3 is 6.09 Å². The van der Waals surface area contributed by atoms with E-state index >= 15 is 0 Å². The van der Waals surface area contributed by atoms with Crippen LogP contribution in [0.15, 0.2) is 30.3 Å². The van der Waals surface area contributed by atoms with Crippen molar-refractivity contribution in [3.63, 3.8) is 0 Å². The number of cyclic esters (lactones) is 1. The number of benzene rings is 1. The molecule has 5 heteroatoms. The van der Waals surface area contributed by atoms with Gasteiger partial charge in [0.25, 0.3) is 5.91 Å². The average molecular weight is 251 g/mol. The van der Waals surface area contributed by atoms with Gasteiger partial charge in [-0.1, -0.05) is 30.3 Å². The van der Waals surface area contributed by atoms with Crippen molar-refractivity contribution in [3.05, 3.63) is 35.9 Å². The molecule has 1 aromatic carbocycles. The average Bonchev–Trinajstić information content (AvgIpc) is 2.71. The van der Waals surface area contributed by atoms with Crippen molar-refractivity contribution in [2.75, 3.05) is 6.61 Å². The molecule has 1 saturated heterocycles. The van der Waals surface area contributed by atoms with Crippen molar-refractivity contribution in [1.82, 2.24) is 4.90 Å². The lowest BCUT2D eigenvalue weighted by Crippen LogP contribution is -2.43. The van der Waals surface area contributed by atoms with Gasteiger partial charge in [0, 0.05) is 0 Å². The zero-order valence-corrected chi connectivity index (χ0v) is 10.0. The number of carbonyl (C=O) groups excluding carboxylic acids is 2. The summed E-state index contributed by atoms with van der Waals surface area (Å²) in [5, 5.41) is 0. The fourth-order valence-corrected chi connectivity index (χ4v) is 1.96. The van der Waals surface area contributed by atoms with E-state index in [9.17, 15) is 14.0 Å². The van der Waals surface area contributed by atoms with Crippen LogP contribution in [0.2, 0.25) is 0 Å². The Balaban J connectivity index is 2.12. The molecule has 0 spiro atoms. The van der Waals surface area contributed by atoms with Gasteiger partial charge in [0.05, 0.1) is 6.04 Å². The van der Waals surface area contributed by atoms with Gasteiger partial charge in [-0.15, -0.1) is 0 Å². The Morgan fingerprint density at radius 1 is 1.50 bits per heavy atom. The minimum absolute atomic E-state index is 0.117. The number of carbonyl (C=O) groups is 2. The van der Waals surface area contributed by atoms with Gasteiger partial charge in [0.1, 0.15) is 6.61 Å². The highest BCUT2D eigenvalue weighted by Gasteiger charge is 2.39. The molecule has 1 heterocycles. The smallest absolute Gasteiger partial charge is 0.417 e. The van der Waals surface area contributed by atoms with E-state index in [1.54, 1.807) is 0 Å². The van der Waals surface area contributed by atoms with E-state index in [-0.39, 0.29) is 6.61 Å². The molecule has 96 valence electrons. The zero-order valence-electron chi connectivity index (χ0n) is 10.0. The van der Waals surface area contributed by atoms with Crippen molar-refractivity contribution < 1.29 is 18.7 Å². The quantitative estimate of drug-likeness (QED) is 0.824. The standard InChI is InChI=1S/C13H14FNO3/c1-9(14)12(16)15-11(8-18-13(15)17)7-10-5-3-2-4-6-10/h2-6,9,11H,7-8H2,1H3/t9?,11-/m0/s1. The molecule has 0 aromatic heterocycles. The lowest BCUT2D eigenvalue weighted by Gasteiger charge is -2.20.